The summed E-state index contributed by atoms with van der Waals surface area (Å²) in [6, 6.07) is 52.9. The van der Waals surface area contributed by atoms with Crippen LogP contribution in [0.25, 0.3) is 11.1 Å². The van der Waals surface area contributed by atoms with Gasteiger partial charge in [0.2, 0.25) is 6.41 Å². The average Bonchev–Trinajstić information content (AvgIpc) is 3.69. The number of esters is 2. The van der Waals surface area contributed by atoms with Gasteiger partial charge in [0, 0.05) is 39.0 Å². The highest BCUT2D eigenvalue weighted by atomic mass is 32.2. The second kappa shape index (κ2) is 25.9. The van der Waals surface area contributed by atoms with Crippen molar-refractivity contribution in [1.29, 1.82) is 0 Å². The van der Waals surface area contributed by atoms with E-state index >= 15 is 0 Å². The molecule has 0 spiro atoms. The smallest absolute Gasteiger partial charge is 0.407 e. The molecular weight excluding hydrogens is 937 g/mol. The summed E-state index contributed by atoms with van der Waals surface area (Å²) in [5, 5.41) is 16.3. The molecule has 3 atom stereocenters. The summed E-state index contributed by atoms with van der Waals surface area (Å²) in [6.07, 6.45) is -3.12. The molecule has 6 aromatic carbocycles. The fourth-order valence-corrected chi connectivity index (χ4v) is 9.75. The van der Waals surface area contributed by atoms with Crippen LogP contribution >= 0.6 is 23.5 Å². The van der Waals surface area contributed by atoms with E-state index in [0.29, 0.717) is 28.6 Å². The lowest BCUT2D eigenvalue weighted by Crippen LogP contribution is -2.40. The zero-order valence-corrected chi connectivity index (χ0v) is 41.4. The first kappa shape index (κ1) is 52.0. The molecule has 3 unspecified atom stereocenters. The van der Waals surface area contributed by atoms with Crippen LogP contribution in [0, 0.1) is 0 Å². The number of rotatable bonds is 26. The molecule has 6 aromatic rings. The number of carbonyl (C=O) groups is 3. The van der Waals surface area contributed by atoms with Gasteiger partial charge >= 0.3 is 18.0 Å². The second-order valence-corrected chi connectivity index (χ2v) is 18.8. The van der Waals surface area contributed by atoms with E-state index in [2.05, 4.69) is 96.6 Å². The first-order valence-electron chi connectivity index (χ1n) is 23.2. The number of hydrogen-bond donors (Lipinski definition) is 3. The first-order chi connectivity index (χ1) is 34.5. The Morgan fingerprint density at radius 3 is 1.51 bits per heavy atom. The first-order valence-corrected chi connectivity index (χ1v) is 25.2. The molecule has 0 aliphatic heterocycles. The molecular formula is C57H58N2O10S2. The minimum atomic E-state index is -1.33. The van der Waals surface area contributed by atoms with Crippen LogP contribution in [0.15, 0.2) is 192 Å². The summed E-state index contributed by atoms with van der Waals surface area (Å²) >= 11 is 3.14. The number of benzene rings is 6. The van der Waals surface area contributed by atoms with Crippen molar-refractivity contribution >= 4 is 41.6 Å². The van der Waals surface area contributed by atoms with Crippen LogP contribution in [-0.2, 0) is 34.0 Å². The van der Waals surface area contributed by atoms with Crippen molar-refractivity contribution < 1.29 is 47.9 Å². The highest BCUT2D eigenvalue weighted by Crippen LogP contribution is 2.56. The molecule has 0 saturated carbocycles. The maximum atomic E-state index is 12.9. The maximum Gasteiger partial charge on any atom is 0.407 e. The average molecular weight is 995 g/mol. The summed E-state index contributed by atoms with van der Waals surface area (Å²) in [5.74, 6) is 1.13. The van der Waals surface area contributed by atoms with Crippen LogP contribution in [0.5, 0.6) is 11.5 Å². The zero-order chi connectivity index (χ0) is 50.0. The van der Waals surface area contributed by atoms with Crippen LogP contribution in [0.1, 0.15) is 36.1 Å². The number of carbonyl (C=O) groups excluding carboxylic acids is 3. The van der Waals surface area contributed by atoms with Gasteiger partial charge in [-0.1, -0.05) is 122 Å². The molecule has 71 heavy (non-hydrogen) atoms. The zero-order valence-electron chi connectivity index (χ0n) is 39.8. The number of fused-ring (bicyclic) bond motifs is 3. The van der Waals surface area contributed by atoms with Gasteiger partial charge in [0.15, 0.2) is 0 Å². The van der Waals surface area contributed by atoms with E-state index in [1.54, 1.807) is 37.4 Å². The number of thioether (sulfide) groups is 2. The van der Waals surface area contributed by atoms with Gasteiger partial charge in [0.25, 0.3) is 0 Å². The topological polar surface area (TPSA) is 151 Å². The van der Waals surface area contributed by atoms with Gasteiger partial charge < -0.3 is 38.8 Å². The molecule has 0 radical (unpaired) electrons. The van der Waals surface area contributed by atoms with Crippen molar-refractivity contribution in [3.8, 4) is 22.6 Å². The molecule has 1 aliphatic rings. The van der Waals surface area contributed by atoms with Crippen molar-refractivity contribution in [3.05, 3.63) is 204 Å². The molecule has 0 fully saturated rings. The monoisotopic (exact) mass is 994 g/mol. The van der Waals surface area contributed by atoms with Crippen LogP contribution in [0.2, 0.25) is 0 Å². The van der Waals surface area contributed by atoms with Crippen LogP contribution in [0.3, 0.4) is 0 Å². The third kappa shape index (κ3) is 14.2. The lowest BCUT2D eigenvalue weighted by Gasteiger charge is -2.34. The number of amides is 1. The predicted molar refractivity (Wildman–Crippen MR) is 278 cm³/mol. The van der Waals surface area contributed by atoms with E-state index in [4.69, 9.17) is 28.4 Å². The quantitative estimate of drug-likeness (QED) is 0.0118. The Morgan fingerprint density at radius 2 is 1.01 bits per heavy atom. The van der Waals surface area contributed by atoms with Gasteiger partial charge in [-0.2, -0.15) is 0 Å². The number of aliphatic hydroxyl groups is 1. The fourth-order valence-electron chi connectivity index (χ4n) is 7.95. The second-order valence-electron chi connectivity index (χ2n) is 16.6. The van der Waals surface area contributed by atoms with Gasteiger partial charge in [-0.05, 0) is 95.8 Å². The SMILES string of the molecule is C=C(C)C(=O)OCCNC(=O)OC(COc1ccc(C2(c3ccc(OCC(CSc4ccccc4)OC(O)NCCOC(=O)C(=C)C)cc3)c3ccccc3-c3ccccc32)cc1)CSc1ccccc1. The van der Waals surface area contributed by atoms with E-state index < -0.39 is 42.1 Å². The van der Waals surface area contributed by atoms with Crippen molar-refractivity contribution in [1.82, 2.24) is 10.6 Å². The molecule has 368 valence electrons. The van der Waals surface area contributed by atoms with Crippen molar-refractivity contribution in [2.45, 2.75) is 47.7 Å². The van der Waals surface area contributed by atoms with E-state index in [1.165, 1.54) is 0 Å². The maximum absolute atomic E-state index is 12.9. The third-order valence-electron chi connectivity index (χ3n) is 11.3. The molecule has 0 aromatic heterocycles. The van der Waals surface area contributed by atoms with E-state index in [1.807, 2.05) is 84.9 Å². The Balaban J connectivity index is 1.08. The van der Waals surface area contributed by atoms with Crippen molar-refractivity contribution in [3.63, 3.8) is 0 Å². The Hall–Kier alpha value is -6.81. The van der Waals surface area contributed by atoms with Gasteiger partial charge in [-0.15, -0.1) is 23.5 Å². The minimum Gasteiger partial charge on any atom is -0.491 e. The number of aliphatic hydroxyl groups excluding tert-OH is 1. The standard InChI is InChI=1S/C57H58N2O10S2/c1-39(2)53(60)64-33-31-58-55(62)68-45(37-70-47-15-7-5-8-16-47)35-66-43-27-23-41(24-28-43)57(51-21-13-11-19-49(51)50-20-12-14-22-52(50)57)42-25-29-44(30-26-42)67-36-46(38-71-48-17-9-6-10-18-48)69-56(63)59-32-34-65-54(61)40(3)4/h5-30,45-46,55,58,62H,1,3,31-38H2,2,4H3,(H,59,63). The minimum absolute atomic E-state index is 0.0167. The molecule has 0 bridgehead atoms. The molecule has 3 N–H and O–H groups in total. The summed E-state index contributed by atoms with van der Waals surface area (Å²) in [5.41, 5.74) is 6.48. The Labute approximate surface area is 423 Å². The largest absolute Gasteiger partial charge is 0.491 e. The molecule has 7 rings (SSSR count). The highest BCUT2D eigenvalue weighted by Gasteiger charge is 2.46. The number of alkyl carbamates (subject to hydrolysis) is 1. The Kier molecular flexibility index (Phi) is 19.0. The number of nitrogens with one attached hydrogen (secondary N) is 2. The van der Waals surface area contributed by atoms with E-state index in [-0.39, 0.29) is 45.1 Å². The summed E-state index contributed by atoms with van der Waals surface area (Å²) in [7, 11) is 0. The summed E-state index contributed by atoms with van der Waals surface area (Å²) in [6.45, 7) is 10.8. The molecule has 1 amide bonds. The van der Waals surface area contributed by atoms with Crippen molar-refractivity contribution in [2.24, 2.45) is 0 Å². The summed E-state index contributed by atoms with van der Waals surface area (Å²) in [4.78, 5) is 38.5. The molecule has 1 aliphatic carbocycles. The molecule has 12 nitrogen and oxygen atoms in total. The lowest BCUT2D eigenvalue weighted by atomic mass is 9.68. The van der Waals surface area contributed by atoms with Crippen LogP contribution in [0.4, 0.5) is 4.79 Å². The predicted octanol–water partition coefficient (Wildman–Crippen LogP) is 9.98. The van der Waals surface area contributed by atoms with E-state index in [9.17, 15) is 19.5 Å². The molecule has 0 saturated heterocycles. The van der Waals surface area contributed by atoms with Gasteiger partial charge in [0.05, 0.1) is 12.0 Å². The van der Waals surface area contributed by atoms with Gasteiger partial charge in [-0.3, -0.25) is 5.32 Å². The Morgan fingerprint density at radius 1 is 0.577 bits per heavy atom. The fraction of sp³-hybridized carbons (Fsp3) is 0.246. The molecule has 14 heteroatoms. The van der Waals surface area contributed by atoms with Crippen LogP contribution in [-0.4, -0.2) is 92.8 Å². The van der Waals surface area contributed by atoms with Gasteiger partial charge in [-0.25, -0.2) is 14.4 Å². The van der Waals surface area contributed by atoms with Crippen molar-refractivity contribution in [2.75, 3.05) is 51.0 Å². The lowest BCUT2D eigenvalue weighted by molar-refractivity contribution is -0.157. The third-order valence-corrected chi connectivity index (χ3v) is 13.6. The van der Waals surface area contributed by atoms with Crippen LogP contribution < -0.4 is 20.1 Å². The van der Waals surface area contributed by atoms with Gasteiger partial charge in [0.1, 0.15) is 50.1 Å². The summed E-state index contributed by atoms with van der Waals surface area (Å²) < 4.78 is 34.8. The molecule has 0 heterocycles. The number of hydrogen-bond acceptors (Lipinski definition) is 13. The highest BCUT2D eigenvalue weighted by molar-refractivity contribution is 7.99. The number of ether oxygens (including phenoxy) is 6. The Bertz CT molecular complexity index is 2670. The van der Waals surface area contributed by atoms with E-state index in [0.717, 1.165) is 43.2 Å². The normalized spacial score (nSPS) is 13.3.